The minimum Gasteiger partial charge on any atom is -0.496 e. The van der Waals surface area contributed by atoms with E-state index in [0.29, 0.717) is 28.4 Å². The second-order valence-corrected chi connectivity index (χ2v) is 8.95. The molecule has 0 bridgehead atoms. The van der Waals surface area contributed by atoms with Crippen LogP contribution in [-0.4, -0.2) is 47.3 Å². The topological polar surface area (TPSA) is 124 Å². The average molecular weight is 446 g/mol. The second-order valence-electron chi connectivity index (χ2n) is 8.95. The van der Waals surface area contributed by atoms with Crippen molar-refractivity contribution in [1.82, 2.24) is 10.3 Å². The number of amides is 1. The Morgan fingerprint density at radius 2 is 1.88 bits per heavy atom. The third kappa shape index (κ3) is 7.09. The molecule has 1 aromatic heterocycles. The minimum absolute atomic E-state index is 0.0248. The quantitative estimate of drug-likeness (QED) is 0.633. The average Bonchev–Trinajstić information content (AvgIpc) is 2.72. The third-order valence-corrected chi connectivity index (χ3v) is 5.23. The Balaban J connectivity index is 0.000000229. The van der Waals surface area contributed by atoms with E-state index in [1.165, 1.54) is 26.4 Å². The number of nitrogens with two attached hydrogens (primary N) is 1. The summed E-state index contributed by atoms with van der Waals surface area (Å²) in [5.74, 6) is -0.535. The molecule has 8 nitrogen and oxygen atoms in total. The summed E-state index contributed by atoms with van der Waals surface area (Å²) >= 11 is 0. The van der Waals surface area contributed by atoms with Crippen LogP contribution in [0.5, 0.6) is 5.75 Å². The summed E-state index contributed by atoms with van der Waals surface area (Å²) in [7, 11) is 1.51. The fourth-order valence-corrected chi connectivity index (χ4v) is 3.68. The molecule has 1 aliphatic rings. The number of benzene rings is 1. The van der Waals surface area contributed by atoms with Gasteiger partial charge in [0.05, 0.1) is 35.0 Å². The molecule has 2 aromatic rings. The first-order valence-electron chi connectivity index (χ1n) is 10.9. The molecule has 1 amide bonds. The van der Waals surface area contributed by atoms with Crippen LogP contribution in [0.2, 0.25) is 0 Å². The molecule has 0 atom stereocenters. The number of anilines is 1. The van der Waals surface area contributed by atoms with Crippen molar-refractivity contribution in [3.05, 3.63) is 29.5 Å². The first kappa shape index (κ1) is 25.4. The van der Waals surface area contributed by atoms with Crippen LogP contribution < -0.4 is 15.8 Å². The highest BCUT2D eigenvalue weighted by atomic mass is 16.5. The van der Waals surface area contributed by atoms with Crippen LogP contribution >= 0.6 is 0 Å². The number of methoxy groups -OCH3 is 1. The summed E-state index contributed by atoms with van der Waals surface area (Å²) in [5, 5.41) is 12.7. The Morgan fingerprint density at radius 3 is 2.44 bits per heavy atom. The van der Waals surface area contributed by atoms with E-state index in [0.717, 1.165) is 12.8 Å². The van der Waals surface area contributed by atoms with Gasteiger partial charge in [-0.3, -0.25) is 9.78 Å². The summed E-state index contributed by atoms with van der Waals surface area (Å²) in [6.07, 6.45) is 6.05. The number of carbonyl (C=O) groups excluding carboxylic acids is 1. The van der Waals surface area contributed by atoms with Crippen molar-refractivity contribution in [2.75, 3.05) is 19.5 Å². The third-order valence-electron chi connectivity index (χ3n) is 5.23. The lowest BCUT2D eigenvalue weighted by Crippen LogP contribution is -2.39. The minimum atomic E-state index is -1.08. The van der Waals surface area contributed by atoms with Crippen molar-refractivity contribution in [3.8, 4) is 5.75 Å². The summed E-state index contributed by atoms with van der Waals surface area (Å²) in [5.41, 5.74) is 6.91. The lowest BCUT2D eigenvalue weighted by Gasteiger charge is -2.24. The fraction of sp³-hybridized carbons (Fsp3) is 0.542. The van der Waals surface area contributed by atoms with Crippen molar-refractivity contribution < 1.29 is 24.2 Å². The summed E-state index contributed by atoms with van der Waals surface area (Å²) in [4.78, 5) is 26.9. The van der Waals surface area contributed by atoms with Crippen LogP contribution in [0, 0.1) is 6.92 Å². The van der Waals surface area contributed by atoms with Gasteiger partial charge in [-0.2, -0.15) is 0 Å². The van der Waals surface area contributed by atoms with Gasteiger partial charge in [0.15, 0.2) is 0 Å². The lowest BCUT2D eigenvalue weighted by atomic mass is 9.95. The highest BCUT2D eigenvalue weighted by Crippen LogP contribution is 2.33. The second kappa shape index (κ2) is 11.1. The molecule has 1 fully saturated rings. The number of aryl methyl sites for hydroxylation is 1. The first-order valence-corrected chi connectivity index (χ1v) is 10.9. The molecule has 1 heterocycles. The van der Waals surface area contributed by atoms with Crippen LogP contribution in [0.4, 0.5) is 5.69 Å². The molecule has 1 aromatic carbocycles. The number of ether oxygens (including phenoxy) is 2. The zero-order valence-electron chi connectivity index (χ0n) is 19.7. The van der Waals surface area contributed by atoms with Crippen molar-refractivity contribution in [2.45, 2.75) is 71.4 Å². The van der Waals surface area contributed by atoms with Gasteiger partial charge in [0, 0.05) is 6.04 Å². The number of nitrogens with one attached hydrogen (secondary N) is 1. The van der Waals surface area contributed by atoms with E-state index in [-0.39, 0.29) is 29.4 Å². The van der Waals surface area contributed by atoms with Crippen molar-refractivity contribution >= 4 is 28.5 Å². The highest BCUT2D eigenvalue weighted by Gasteiger charge is 2.19. The first-order chi connectivity index (χ1) is 15.0. The Kier molecular flexibility index (Phi) is 8.83. The molecule has 0 radical (unpaired) electrons. The number of nitrogens with zero attached hydrogens (tertiary/aromatic N) is 1. The Hall–Kier alpha value is -2.87. The van der Waals surface area contributed by atoms with Gasteiger partial charge in [0.1, 0.15) is 17.9 Å². The summed E-state index contributed by atoms with van der Waals surface area (Å²) in [6, 6.07) is 5.66. The maximum atomic E-state index is 11.5. The summed E-state index contributed by atoms with van der Waals surface area (Å²) < 4.78 is 10.6. The van der Waals surface area contributed by atoms with Crippen molar-refractivity contribution in [3.63, 3.8) is 0 Å². The molecule has 0 spiro atoms. The number of hydrogen-bond acceptors (Lipinski definition) is 6. The number of carboxylic acids is 1. The van der Waals surface area contributed by atoms with Gasteiger partial charge in [-0.05, 0) is 52.7 Å². The van der Waals surface area contributed by atoms with E-state index >= 15 is 0 Å². The van der Waals surface area contributed by atoms with E-state index in [2.05, 4.69) is 10.3 Å². The van der Waals surface area contributed by atoms with E-state index in [4.69, 9.17) is 20.3 Å². The van der Waals surface area contributed by atoms with Crippen LogP contribution in [0.25, 0.3) is 10.9 Å². The fourth-order valence-electron chi connectivity index (χ4n) is 3.68. The molecule has 8 heteroatoms. The molecule has 3 rings (SSSR count). The number of rotatable bonds is 5. The molecule has 176 valence electrons. The number of aromatic nitrogens is 1. The predicted octanol–water partition coefficient (Wildman–Crippen LogP) is 4.08. The predicted molar refractivity (Wildman–Crippen MR) is 125 cm³/mol. The highest BCUT2D eigenvalue weighted by molar-refractivity contribution is 6.06. The van der Waals surface area contributed by atoms with Crippen LogP contribution in [0.3, 0.4) is 0 Å². The van der Waals surface area contributed by atoms with E-state index < -0.39 is 5.97 Å². The molecule has 32 heavy (non-hydrogen) atoms. The number of hydrogen-bond donors (Lipinski definition) is 3. The molecule has 0 aliphatic heterocycles. The van der Waals surface area contributed by atoms with E-state index in [1.807, 2.05) is 20.8 Å². The number of pyridine rings is 1. The number of carboxylic acid groups (broad SMARTS) is 1. The molecule has 1 aliphatic carbocycles. The maximum absolute atomic E-state index is 11.5. The monoisotopic (exact) mass is 445 g/mol. The Labute approximate surface area is 189 Å². The molecule has 0 unspecified atom stereocenters. The van der Waals surface area contributed by atoms with Crippen LogP contribution in [-0.2, 0) is 9.53 Å². The van der Waals surface area contributed by atoms with E-state index in [9.17, 15) is 9.59 Å². The molecule has 4 N–H and O–H groups in total. The van der Waals surface area contributed by atoms with Gasteiger partial charge >= 0.3 is 5.97 Å². The van der Waals surface area contributed by atoms with Gasteiger partial charge in [-0.25, -0.2) is 4.79 Å². The number of nitrogen functional groups attached to an aromatic ring is 1. The lowest BCUT2D eigenvalue weighted by molar-refractivity contribution is -0.131. The summed E-state index contributed by atoms with van der Waals surface area (Å²) in [6.45, 7) is 7.68. The Bertz CT molecular complexity index is 947. The van der Waals surface area contributed by atoms with Gasteiger partial charge in [-0.1, -0.05) is 25.3 Å². The van der Waals surface area contributed by atoms with Crippen molar-refractivity contribution in [2.24, 2.45) is 0 Å². The largest absolute Gasteiger partial charge is 0.496 e. The molecular weight excluding hydrogens is 410 g/mol. The number of aromatic carboxylic acids is 1. The number of fused-ring (bicyclic) bond motifs is 1. The molecular formula is C24H35N3O5. The van der Waals surface area contributed by atoms with Crippen LogP contribution in [0.15, 0.2) is 18.2 Å². The van der Waals surface area contributed by atoms with Crippen LogP contribution in [0.1, 0.15) is 68.9 Å². The van der Waals surface area contributed by atoms with Gasteiger partial charge < -0.3 is 25.6 Å². The zero-order valence-corrected chi connectivity index (χ0v) is 19.7. The van der Waals surface area contributed by atoms with Gasteiger partial charge in [-0.15, -0.1) is 0 Å². The maximum Gasteiger partial charge on any atom is 0.339 e. The zero-order chi connectivity index (χ0) is 23.9. The number of carbonyl (C=O) groups is 2. The van der Waals surface area contributed by atoms with Gasteiger partial charge in [0.2, 0.25) is 5.91 Å². The van der Waals surface area contributed by atoms with Crippen molar-refractivity contribution in [1.29, 1.82) is 0 Å². The smallest absolute Gasteiger partial charge is 0.339 e. The van der Waals surface area contributed by atoms with Gasteiger partial charge in [0.25, 0.3) is 0 Å². The normalized spacial score (nSPS) is 14.4. The molecule has 0 saturated heterocycles. The Morgan fingerprint density at radius 1 is 1.22 bits per heavy atom. The molecule has 1 saturated carbocycles. The standard InChI is InChI=1S/C12H12N2O3.C12H23NO2/c1-6-9(12(15)16)11(13)10-7(14-6)4-3-5-8(10)17-2;1-12(2,3)15-9-11(14)13-10-7-5-4-6-8-10/h3-5H,1-2H3,(H2,13,14)(H,15,16);10H,4-9H2,1-3H3,(H,13,14). The SMILES string of the molecule is CC(C)(C)OCC(=O)NC1CCCCC1.COc1cccc2nc(C)c(C(=O)O)c(N)c12. The van der Waals surface area contributed by atoms with E-state index in [1.54, 1.807) is 25.1 Å².